The van der Waals surface area contributed by atoms with Crippen molar-refractivity contribution in [2.24, 2.45) is 0 Å². The summed E-state index contributed by atoms with van der Waals surface area (Å²) >= 11 is 0. The third-order valence-electron chi connectivity index (χ3n) is 2.78. The molecule has 0 aliphatic rings. The van der Waals surface area contributed by atoms with Gasteiger partial charge in [0.05, 0.1) is 12.1 Å². The van der Waals surface area contributed by atoms with Gasteiger partial charge in [-0.15, -0.1) is 0 Å². The van der Waals surface area contributed by atoms with E-state index >= 15 is 0 Å². The molecule has 0 fully saturated rings. The van der Waals surface area contributed by atoms with Gasteiger partial charge in [-0.1, -0.05) is 13.8 Å². The van der Waals surface area contributed by atoms with Crippen molar-refractivity contribution < 1.29 is 4.74 Å². The van der Waals surface area contributed by atoms with Crippen LogP contribution in [0.1, 0.15) is 32.3 Å². The molecule has 0 aliphatic carbocycles. The van der Waals surface area contributed by atoms with Crippen molar-refractivity contribution in [1.82, 2.24) is 4.98 Å². The van der Waals surface area contributed by atoms with Gasteiger partial charge in [0, 0.05) is 5.39 Å². The van der Waals surface area contributed by atoms with Crippen LogP contribution in [0, 0.1) is 0 Å². The first-order chi connectivity index (χ1) is 8.11. The second-order valence-electron chi connectivity index (χ2n) is 4.41. The summed E-state index contributed by atoms with van der Waals surface area (Å²) in [7, 11) is 0. The smallest absolute Gasteiger partial charge is 0.127 e. The fourth-order valence-corrected chi connectivity index (χ4v) is 1.90. The maximum Gasteiger partial charge on any atom is 0.127 e. The monoisotopic (exact) mass is 230 g/mol. The maximum absolute atomic E-state index is 5.94. The molecule has 1 aromatic heterocycles. The summed E-state index contributed by atoms with van der Waals surface area (Å²) in [5.74, 6) is 1.88. The van der Waals surface area contributed by atoms with Crippen molar-refractivity contribution in [2.45, 2.75) is 26.7 Å². The van der Waals surface area contributed by atoms with Crippen LogP contribution in [0.5, 0.6) is 5.75 Å². The minimum atomic E-state index is 0.377. The second kappa shape index (κ2) is 4.62. The van der Waals surface area contributed by atoms with Gasteiger partial charge in [0.15, 0.2) is 0 Å². The number of fused-ring (bicyclic) bond motifs is 1. The summed E-state index contributed by atoms with van der Waals surface area (Å²) < 4.78 is 5.49. The number of rotatable bonds is 3. The lowest BCUT2D eigenvalue weighted by Gasteiger charge is -2.11. The molecule has 2 N–H and O–H groups in total. The van der Waals surface area contributed by atoms with E-state index in [4.69, 9.17) is 10.5 Å². The average Bonchev–Trinajstić information content (AvgIpc) is 2.28. The average molecular weight is 230 g/mol. The molecule has 1 heterocycles. The van der Waals surface area contributed by atoms with Crippen LogP contribution in [0.15, 0.2) is 24.3 Å². The van der Waals surface area contributed by atoms with E-state index in [0.29, 0.717) is 18.3 Å². The molecular weight excluding hydrogens is 212 g/mol. The Kier molecular flexibility index (Phi) is 3.18. The molecule has 3 nitrogen and oxygen atoms in total. The lowest BCUT2D eigenvalue weighted by molar-refractivity contribution is 0.340. The number of nitrogens with zero attached hydrogens (tertiary/aromatic N) is 1. The highest BCUT2D eigenvalue weighted by molar-refractivity contribution is 5.83. The van der Waals surface area contributed by atoms with E-state index in [9.17, 15) is 0 Å². The number of hydrogen-bond acceptors (Lipinski definition) is 3. The van der Waals surface area contributed by atoms with Gasteiger partial charge in [0.1, 0.15) is 11.6 Å². The summed E-state index contributed by atoms with van der Waals surface area (Å²) in [4.78, 5) is 4.42. The SMILES string of the molecule is CCOc1ccc2nc(N)c(C(C)C)cc2c1. The Morgan fingerprint density at radius 2 is 2.06 bits per heavy atom. The van der Waals surface area contributed by atoms with Gasteiger partial charge in [-0.3, -0.25) is 0 Å². The molecular formula is C14H18N2O. The van der Waals surface area contributed by atoms with Crippen LogP contribution < -0.4 is 10.5 Å². The first-order valence-corrected chi connectivity index (χ1v) is 5.94. The molecule has 0 atom stereocenters. The van der Waals surface area contributed by atoms with Crippen LogP contribution in [-0.4, -0.2) is 11.6 Å². The van der Waals surface area contributed by atoms with E-state index in [1.54, 1.807) is 0 Å². The van der Waals surface area contributed by atoms with Crippen molar-refractivity contribution in [3.63, 3.8) is 0 Å². The quantitative estimate of drug-likeness (QED) is 0.879. The number of pyridine rings is 1. The van der Waals surface area contributed by atoms with Gasteiger partial charge in [-0.2, -0.15) is 0 Å². The standard InChI is InChI=1S/C14H18N2O/c1-4-17-11-5-6-13-10(7-11)8-12(9(2)3)14(15)16-13/h5-9H,4H2,1-3H3,(H2,15,16). The third-order valence-corrected chi connectivity index (χ3v) is 2.78. The first kappa shape index (κ1) is 11.7. The molecule has 0 saturated heterocycles. The Hall–Kier alpha value is -1.77. The number of nitrogen functional groups attached to an aromatic ring is 1. The molecule has 0 aliphatic heterocycles. The van der Waals surface area contributed by atoms with Crippen LogP contribution in [0.2, 0.25) is 0 Å². The van der Waals surface area contributed by atoms with E-state index in [-0.39, 0.29) is 0 Å². The van der Waals surface area contributed by atoms with Crippen molar-refractivity contribution in [2.75, 3.05) is 12.3 Å². The largest absolute Gasteiger partial charge is 0.494 e. The highest BCUT2D eigenvalue weighted by Gasteiger charge is 2.08. The van der Waals surface area contributed by atoms with E-state index in [1.807, 2.05) is 25.1 Å². The molecule has 17 heavy (non-hydrogen) atoms. The van der Waals surface area contributed by atoms with Crippen molar-refractivity contribution in [1.29, 1.82) is 0 Å². The Morgan fingerprint density at radius 1 is 1.29 bits per heavy atom. The molecule has 0 unspecified atom stereocenters. The normalized spacial score (nSPS) is 11.1. The third kappa shape index (κ3) is 2.33. The molecule has 3 heteroatoms. The van der Waals surface area contributed by atoms with E-state index in [1.165, 1.54) is 0 Å². The Morgan fingerprint density at radius 3 is 2.71 bits per heavy atom. The van der Waals surface area contributed by atoms with E-state index in [0.717, 1.165) is 22.2 Å². The maximum atomic E-state index is 5.94. The molecule has 1 aromatic carbocycles. The zero-order valence-corrected chi connectivity index (χ0v) is 10.5. The minimum Gasteiger partial charge on any atom is -0.494 e. The van der Waals surface area contributed by atoms with Crippen molar-refractivity contribution >= 4 is 16.7 Å². The summed E-state index contributed by atoms with van der Waals surface area (Å²) in [6.45, 7) is 6.88. The Balaban J connectivity index is 2.56. The molecule has 0 amide bonds. The van der Waals surface area contributed by atoms with Crippen LogP contribution in [0.4, 0.5) is 5.82 Å². The number of ether oxygens (including phenoxy) is 1. The van der Waals surface area contributed by atoms with E-state index in [2.05, 4.69) is 24.9 Å². The molecule has 2 aromatic rings. The van der Waals surface area contributed by atoms with Gasteiger partial charge in [-0.05, 0) is 42.7 Å². The molecule has 90 valence electrons. The zero-order valence-electron chi connectivity index (χ0n) is 10.5. The minimum absolute atomic E-state index is 0.377. The number of hydrogen-bond donors (Lipinski definition) is 1. The van der Waals surface area contributed by atoms with Crippen molar-refractivity contribution in [3.05, 3.63) is 29.8 Å². The number of aromatic nitrogens is 1. The highest BCUT2D eigenvalue weighted by Crippen LogP contribution is 2.27. The van der Waals surface area contributed by atoms with Gasteiger partial charge < -0.3 is 10.5 Å². The van der Waals surface area contributed by atoms with Gasteiger partial charge in [0.25, 0.3) is 0 Å². The van der Waals surface area contributed by atoms with Crippen LogP contribution in [0.25, 0.3) is 10.9 Å². The number of anilines is 1. The fourth-order valence-electron chi connectivity index (χ4n) is 1.90. The zero-order chi connectivity index (χ0) is 12.4. The molecule has 2 rings (SSSR count). The van der Waals surface area contributed by atoms with Crippen molar-refractivity contribution in [3.8, 4) is 5.75 Å². The Bertz CT molecular complexity index is 535. The lowest BCUT2D eigenvalue weighted by atomic mass is 10.0. The van der Waals surface area contributed by atoms with Gasteiger partial charge in [0.2, 0.25) is 0 Å². The molecule has 0 bridgehead atoms. The van der Waals surface area contributed by atoms with Crippen LogP contribution in [-0.2, 0) is 0 Å². The lowest BCUT2D eigenvalue weighted by Crippen LogP contribution is -2.00. The fraction of sp³-hybridized carbons (Fsp3) is 0.357. The van der Waals surface area contributed by atoms with Gasteiger partial charge >= 0.3 is 0 Å². The molecule has 0 radical (unpaired) electrons. The van der Waals surface area contributed by atoms with Crippen LogP contribution in [0.3, 0.4) is 0 Å². The predicted octanol–water partition coefficient (Wildman–Crippen LogP) is 3.34. The van der Waals surface area contributed by atoms with Gasteiger partial charge in [-0.25, -0.2) is 4.98 Å². The van der Waals surface area contributed by atoms with E-state index < -0.39 is 0 Å². The summed E-state index contributed by atoms with van der Waals surface area (Å²) in [6.07, 6.45) is 0. The summed E-state index contributed by atoms with van der Waals surface area (Å²) in [6, 6.07) is 7.98. The Labute approximate surface area is 102 Å². The second-order valence-corrected chi connectivity index (χ2v) is 4.41. The first-order valence-electron chi connectivity index (χ1n) is 5.94. The molecule has 0 saturated carbocycles. The number of nitrogens with two attached hydrogens (primary N) is 1. The molecule has 0 spiro atoms. The summed E-state index contributed by atoms with van der Waals surface area (Å²) in [5, 5.41) is 1.08. The van der Waals surface area contributed by atoms with Crippen LogP contribution >= 0.6 is 0 Å². The topological polar surface area (TPSA) is 48.1 Å². The summed E-state index contributed by atoms with van der Waals surface area (Å²) in [5.41, 5.74) is 7.94. The number of benzene rings is 1. The predicted molar refractivity (Wildman–Crippen MR) is 71.4 cm³/mol. The highest BCUT2D eigenvalue weighted by atomic mass is 16.5.